The molecule has 8 heteroatoms. The van der Waals surface area contributed by atoms with Crippen LogP contribution >= 0.6 is 34.3 Å². The lowest BCUT2D eigenvalue weighted by molar-refractivity contribution is -0.141. The van der Waals surface area contributed by atoms with Gasteiger partial charge in [-0.05, 0) is 29.1 Å². The first-order valence-electron chi connectivity index (χ1n) is 7.69. The molecule has 3 rings (SSSR count). The average Bonchev–Trinajstić information content (AvgIpc) is 3.33. The average molecular weight is 407 g/mol. The minimum absolute atomic E-state index is 0.0196. The van der Waals surface area contributed by atoms with Gasteiger partial charge in [-0.25, -0.2) is 4.98 Å². The molecule has 3 aromatic rings. The molecule has 26 heavy (non-hydrogen) atoms. The molecule has 2 heterocycles. The van der Waals surface area contributed by atoms with Crippen LogP contribution < -0.4 is 5.32 Å². The lowest BCUT2D eigenvalue weighted by atomic mass is 10.0. The lowest BCUT2D eigenvalue weighted by Gasteiger charge is -2.17. The fourth-order valence-corrected chi connectivity index (χ4v) is 4.06. The number of amides is 1. The highest BCUT2D eigenvalue weighted by Crippen LogP contribution is 2.28. The molecule has 2 aromatic heterocycles. The second kappa shape index (κ2) is 8.44. The summed E-state index contributed by atoms with van der Waals surface area (Å²) in [7, 11) is 1.32. The zero-order chi connectivity index (χ0) is 18.5. The number of hydrogen-bond donors (Lipinski definition) is 1. The van der Waals surface area contributed by atoms with Gasteiger partial charge in [0.2, 0.25) is 0 Å². The Labute approximate surface area is 163 Å². The lowest BCUT2D eigenvalue weighted by Crippen LogP contribution is -2.30. The summed E-state index contributed by atoms with van der Waals surface area (Å²) in [6, 6.07) is 10.3. The zero-order valence-electron chi connectivity index (χ0n) is 13.8. The Hall–Kier alpha value is -2.22. The molecule has 0 bridgehead atoms. The molecule has 0 aliphatic heterocycles. The third kappa shape index (κ3) is 4.49. The second-order valence-electron chi connectivity index (χ2n) is 5.37. The van der Waals surface area contributed by atoms with Crippen LogP contribution in [0.4, 0.5) is 0 Å². The molecule has 1 unspecified atom stereocenters. The van der Waals surface area contributed by atoms with E-state index in [0.717, 1.165) is 15.4 Å². The molecule has 1 amide bonds. The minimum atomic E-state index is -0.529. The van der Waals surface area contributed by atoms with Gasteiger partial charge >= 0.3 is 5.97 Å². The van der Waals surface area contributed by atoms with Crippen LogP contribution in [-0.4, -0.2) is 24.0 Å². The van der Waals surface area contributed by atoms with Crippen LogP contribution in [0.5, 0.6) is 0 Å². The van der Waals surface area contributed by atoms with E-state index in [1.807, 2.05) is 17.5 Å². The number of thiophene rings is 1. The highest BCUT2D eigenvalue weighted by molar-refractivity contribution is 7.20. The number of nitrogens with zero attached hydrogens (tertiary/aromatic N) is 1. The summed E-state index contributed by atoms with van der Waals surface area (Å²) in [4.78, 5) is 29.7. The Kier molecular flexibility index (Phi) is 6.03. The first-order valence-corrected chi connectivity index (χ1v) is 9.83. The summed E-state index contributed by atoms with van der Waals surface area (Å²) in [5.74, 6) is -0.754. The molecule has 1 N–H and O–H groups in total. The van der Waals surface area contributed by atoms with Crippen molar-refractivity contribution in [3.8, 4) is 9.88 Å². The maximum absolute atomic E-state index is 12.6. The number of ether oxygens (including phenoxy) is 1. The van der Waals surface area contributed by atoms with Crippen molar-refractivity contribution >= 4 is 46.2 Å². The summed E-state index contributed by atoms with van der Waals surface area (Å²) in [6.45, 7) is 0. The normalized spacial score (nSPS) is 11.8. The SMILES string of the molecule is COC(=O)CC(NC(=O)c1csc(-c2cccs2)n1)c1ccc(Cl)cc1. The van der Waals surface area contributed by atoms with Crippen LogP contribution in [0.1, 0.15) is 28.5 Å². The van der Waals surface area contributed by atoms with Gasteiger partial charge in [0.15, 0.2) is 0 Å². The predicted molar refractivity (Wildman–Crippen MR) is 104 cm³/mol. The van der Waals surface area contributed by atoms with Crippen molar-refractivity contribution in [2.24, 2.45) is 0 Å². The topological polar surface area (TPSA) is 68.3 Å². The van der Waals surface area contributed by atoms with Gasteiger partial charge < -0.3 is 10.1 Å². The standard InChI is InChI=1S/C18H15ClN2O3S2/c1-24-16(22)9-13(11-4-6-12(19)7-5-11)20-17(23)14-10-26-18(21-14)15-3-2-8-25-15/h2-8,10,13H,9H2,1H3,(H,20,23). The molecule has 0 saturated heterocycles. The smallest absolute Gasteiger partial charge is 0.307 e. The molecule has 1 aromatic carbocycles. The highest BCUT2D eigenvalue weighted by Gasteiger charge is 2.21. The van der Waals surface area contributed by atoms with Gasteiger partial charge in [-0.2, -0.15) is 0 Å². The number of carbonyl (C=O) groups is 2. The first-order chi connectivity index (χ1) is 12.6. The van der Waals surface area contributed by atoms with Crippen LogP contribution in [0.25, 0.3) is 9.88 Å². The van der Waals surface area contributed by atoms with Gasteiger partial charge in [-0.1, -0.05) is 29.8 Å². The third-order valence-corrected chi connectivity index (χ3v) is 5.78. The van der Waals surface area contributed by atoms with Crippen LogP contribution in [0.2, 0.25) is 5.02 Å². The number of esters is 1. The van der Waals surface area contributed by atoms with Crippen molar-refractivity contribution < 1.29 is 14.3 Å². The van der Waals surface area contributed by atoms with Crippen molar-refractivity contribution in [2.45, 2.75) is 12.5 Å². The number of methoxy groups -OCH3 is 1. The molecule has 134 valence electrons. The molecule has 0 fully saturated rings. The number of halogens is 1. The quantitative estimate of drug-likeness (QED) is 0.609. The minimum Gasteiger partial charge on any atom is -0.469 e. The van der Waals surface area contributed by atoms with E-state index in [1.165, 1.54) is 18.4 Å². The second-order valence-corrected chi connectivity index (χ2v) is 7.62. The Morgan fingerprint density at radius 2 is 2.00 bits per heavy atom. The van der Waals surface area contributed by atoms with Crippen molar-refractivity contribution in [1.29, 1.82) is 0 Å². The number of benzene rings is 1. The van der Waals surface area contributed by atoms with Gasteiger partial charge in [-0.3, -0.25) is 9.59 Å². The fraction of sp³-hybridized carbons (Fsp3) is 0.167. The van der Waals surface area contributed by atoms with E-state index in [0.29, 0.717) is 10.7 Å². The van der Waals surface area contributed by atoms with Gasteiger partial charge in [0.05, 0.1) is 24.4 Å². The Morgan fingerprint density at radius 1 is 1.23 bits per heavy atom. The molecule has 0 spiro atoms. The number of aromatic nitrogens is 1. The largest absolute Gasteiger partial charge is 0.469 e. The van der Waals surface area contributed by atoms with E-state index in [9.17, 15) is 9.59 Å². The van der Waals surface area contributed by atoms with Gasteiger partial charge in [0.1, 0.15) is 10.7 Å². The number of nitrogens with one attached hydrogen (secondary N) is 1. The molecule has 5 nitrogen and oxygen atoms in total. The van der Waals surface area contributed by atoms with Crippen LogP contribution in [-0.2, 0) is 9.53 Å². The summed E-state index contributed by atoms with van der Waals surface area (Å²) in [5.41, 5.74) is 1.09. The van der Waals surface area contributed by atoms with E-state index in [2.05, 4.69) is 10.3 Å². The van der Waals surface area contributed by atoms with Gasteiger partial charge in [0.25, 0.3) is 5.91 Å². The molecule has 1 atom stereocenters. The molecule has 0 aliphatic rings. The maximum Gasteiger partial charge on any atom is 0.307 e. The van der Waals surface area contributed by atoms with E-state index >= 15 is 0 Å². The van der Waals surface area contributed by atoms with Crippen molar-refractivity contribution in [3.63, 3.8) is 0 Å². The van der Waals surface area contributed by atoms with Crippen molar-refractivity contribution in [2.75, 3.05) is 7.11 Å². The van der Waals surface area contributed by atoms with Crippen molar-refractivity contribution in [3.05, 3.63) is 63.4 Å². The van der Waals surface area contributed by atoms with Gasteiger partial charge in [-0.15, -0.1) is 22.7 Å². The van der Waals surface area contributed by atoms with Crippen LogP contribution in [0.3, 0.4) is 0 Å². The monoisotopic (exact) mass is 406 g/mol. The summed E-state index contributed by atoms with van der Waals surface area (Å²) in [6.07, 6.45) is 0.0196. The van der Waals surface area contributed by atoms with E-state index < -0.39 is 12.0 Å². The van der Waals surface area contributed by atoms with E-state index in [1.54, 1.807) is 41.0 Å². The first kappa shape index (κ1) is 18.6. The highest BCUT2D eigenvalue weighted by atomic mass is 35.5. The van der Waals surface area contributed by atoms with E-state index in [-0.39, 0.29) is 12.3 Å². The predicted octanol–water partition coefficient (Wildman–Crippen LogP) is 4.56. The van der Waals surface area contributed by atoms with Crippen LogP contribution in [0.15, 0.2) is 47.2 Å². The number of carbonyl (C=O) groups excluding carboxylic acids is 2. The Bertz CT molecular complexity index is 892. The Morgan fingerprint density at radius 3 is 2.65 bits per heavy atom. The Balaban J connectivity index is 1.78. The summed E-state index contributed by atoms with van der Waals surface area (Å²) in [5, 5.41) is 7.90. The summed E-state index contributed by atoms with van der Waals surface area (Å²) >= 11 is 8.89. The fourth-order valence-electron chi connectivity index (χ4n) is 2.32. The van der Waals surface area contributed by atoms with Crippen molar-refractivity contribution in [1.82, 2.24) is 10.3 Å². The molecular weight excluding hydrogens is 392 g/mol. The summed E-state index contributed by atoms with van der Waals surface area (Å²) < 4.78 is 4.74. The molecule has 0 aliphatic carbocycles. The van der Waals surface area contributed by atoms with E-state index in [4.69, 9.17) is 16.3 Å². The molecule has 0 radical (unpaired) electrons. The number of thiazole rings is 1. The van der Waals surface area contributed by atoms with Gasteiger partial charge in [0, 0.05) is 10.4 Å². The number of hydrogen-bond acceptors (Lipinski definition) is 6. The maximum atomic E-state index is 12.6. The molecular formula is C18H15ClN2O3S2. The van der Waals surface area contributed by atoms with Crippen LogP contribution in [0, 0.1) is 0 Å². The number of rotatable bonds is 6. The zero-order valence-corrected chi connectivity index (χ0v) is 16.2. The third-order valence-electron chi connectivity index (χ3n) is 3.64. The molecule has 0 saturated carbocycles.